The summed E-state index contributed by atoms with van der Waals surface area (Å²) in [6.07, 6.45) is 0. The van der Waals surface area contributed by atoms with Crippen LogP contribution in [0.25, 0.3) is 21.7 Å². The van der Waals surface area contributed by atoms with E-state index in [4.69, 9.17) is 9.72 Å². The Hall–Kier alpha value is -2.79. The van der Waals surface area contributed by atoms with Crippen molar-refractivity contribution in [3.05, 3.63) is 76.6 Å². The predicted molar refractivity (Wildman–Crippen MR) is 112 cm³/mol. The van der Waals surface area contributed by atoms with E-state index < -0.39 is 0 Å². The van der Waals surface area contributed by atoms with Crippen molar-refractivity contribution >= 4 is 33.4 Å². The van der Waals surface area contributed by atoms with Gasteiger partial charge in [-0.25, -0.2) is 4.98 Å². The molecule has 5 heteroatoms. The van der Waals surface area contributed by atoms with Gasteiger partial charge in [-0.1, -0.05) is 54.2 Å². The van der Waals surface area contributed by atoms with E-state index in [1.807, 2.05) is 67.6 Å². The summed E-state index contributed by atoms with van der Waals surface area (Å²) in [6, 6.07) is 19.9. The lowest BCUT2D eigenvalue weighted by molar-refractivity contribution is 0.337. The van der Waals surface area contributed by atoms with Crippen LogP contribution in [0.15, 0.2) is 70.6 Å². The van der Waals surface area contributed by atoms with Gasteiger partial charge in [0, 0.05) is 18.4 Å². The van der Waals surface area contributed by atoms with Crippen molar-refractivity contribution in [2.45, 2.75) is 17.8 Å². The second-order valence-electron chi connectivity index (χ2n) is 6.30. The Labute approximate surface area is 161 Å². The second kappa shape index (κ2) is 7.45. The molecule has 0 atom stereocenters. The quantitative estimate of drug-likeness (QED) is 0.286. The van der Waals surface area contributed by atoms with Crippen molar-refractivity contribution in [2.24, 2.45) is 7.05 Å². The van der Waals surface area contributed by atoms with Gasteiger partial charge >= 0.3 is 0 Å². The number of hydrogen-bond donors (Lipinski definition) is 0. The molecule has 4 rings (SSSR count). The van der Waals surface area contributed by atoms with Crippen molar-refractivity contribution in [2.75, 3.05) is 6.61 Å². The van der Waals surface area contributed by atoms with Crippen molar-refractivity contribution in [1.29, 1.82) is 0 Å². The average molecular weight is 376 g/mol. The van der Waals surface area contributed by atoms with Crippen LogP contribution in [0, 0.1) is 0 Å². The molecule has 0 aliphatic carbocycles. The molecule has 136 valence electrons. The highest BCUT2D eigenvalue weighted by Crippen LogP contribution is 2.28. The van der Waals surface area contributed by atoms with Crippen LogP contribution in [0.5, 0.6) is 5.75 Å². The average Bonchev–Trinajstić information content (AvgIpc) is 2.70. The van der Waals surface area contributed by atoms with Gasteiger partial charge < -0.3 is 4.74 Å². The van der Waals surface area contributed by atoms with Gasteiger partial charge in [-0.05, 0) is 35.9 Å². The zero-order chi connectivity index (χ0) is 18.8. The van der Waals surface area contributed by atoms with E-state index in [9.17, 15) is 4.79 Å². The summed E-state index contributed by atoms with van der Waals surface area (Å²) in [6.45, 7) is 2.60. The van der Waals surface area contributed by atoms with Crippen molar-refractivity contribution in [3.63, 3.8) is 0 Å². The van der Waals surface area contributed by atoms with E-state index >= 15 is 0 Å². The van der Waals surface area contributed by atoms with Crippen molar-refractivity contribution in [1.82, 2.24) is 9.55 Å². The summed E-state index contributed by atoms with van der Waals surface area (Å²) < 4.78 is 7.33. The fourth-order valence-corrected chi connectivity index (χ4v) is 4.09. The van der Waals surface area contributed by atoms with Gasteiger partial charge in [-0.3, -0.25) is 9.36 Å². The third-order valence-corrected chi connectivity index (χ3v) is 5.61. The Bertz CT molecular complexity index is 1180. The van der Waals surface area contributed by atoms with Crippen LogP contribution in [0.2, 0.25) is 0 Å². The number of para-hydroxylation sites is 1. The van der Waals surface area contributed by atoms with Gasteiger partial charge in [0.05, 0.1) is 17.5 Å². The number of ether oxygens (including phenoxy) is 1. The Kier molecular flexibility index (Phi) is 4.86. The Balaban J connectivity index is 1.73. The highest BCUT2D eigenvalue weighted by atomic mass is 32.2. The predicted octanol–water partition coefficient (Wildman–Crippen LogP) is 4.78. The molecule has 4 aromatic rings. The fraction of sp³-hybridized carbons (Fsp3) is 0.182. The normalized spacial score (nSPS) is 11.2. The lowest BCUT2D eigenvalue weighted by atomic mass is 10.1. The standard InChI is InChI=1S/C22H20N2O2S/c1-3-26-20-11-7-6-10-17(20)14-27-22-23-19-13-16-9-5-4-8-15(16)12-18(19)21(25)24(22)2/h4-13H,3,14H2,1-2H3. The molecule has 0 radical (unpaired) electrons. The summed E-state index contributed by atoms with van der Waals surface area (Å²) in [5.74, 6) is 1.57. The topological polar surface area (TPSA) is 44.1 Å². The van der Waals surface area contributed by atoms with E-state index in [0.29, 0.717) is 22.9 Å². The molecule has 0 bridgehead atoms. The van der Waals surface area contributed by atoms with Crippen LogP contribution < -0.4 is 10.3 Å². The molecule has 0 saturated carbocycles. The summed E-state index contributed by atoms with van der Waals surface area (Å²) in [4.78, 5) is 17.6. The molecule has 0 aliphatic rings. The Morgan fingerprint density at radius 1 is 1.04 bits per heavy atom. The second-order valence-corrected chi connectivity index (χ2v) is 7.25. The number of fused-ring (bicyclic) bond motifs is 2. The molecular formula is C22H20N2O2S. The van der Waals surface area contributed by atoms with Crippen LogP contribution in [0.1, 0.15) is 12.5 Å². The zero-order valence-electron chi connectivity index (χ0n) is 15.3. The minimum atomic E-state index is -0.0219. The Morgan fingerprint density at radius 2 is 1.74 bits per heavy atom. The molecule has 3 aromatic carbocycles. The molecule has 0 fully saturated rings. The molecule has 1 aromatic heterocycles. The number of thioether (sulfide) groups is 1. The van der Waals surface area contributed by atoms with Gasteiger partial charge in [0.1, 0.15) is 5.75 Å². The SMILES string of the molecule is CCOc1ccccc1CSc1nc2cc3ccccc3cc2c(=O)n1C. The maximum absolute atomic E-state index is 12.9. The smallest absolute Gasteiger partial charge is 0.261 e. The van der Waals surface area contributed by atoms with Crippen LogP contribution >= 0.6 is 11.8 Å². The van der Waals surface area contributed by atoms with E-state index in [1.165, 1.54) is 0 Å². The van der Waals surface area contributed by atoms with Crippen LogP contribution in [-0.4, -0.2) is 16.2 Å². The molecule has 0 aliphatic heterocycles. The Morgan fingerprint density at radius 3 is 2.52 bits per heavy atom. The maximum atomic E-state index is 12.9. The van der Waals surface area contributed by atoms with Gasteiger partial charge in [0.25, 0.3) is 5.56 Å². The summed E-state index contributed by atoms with van der Waals surface area (Å²) in [7, 11) is 1.78. The number of hydrogen-bond acceptors (Lipinski definition) is 4. The molecule has 0 unspecified atom stereocenters. The van der Waals surface area contributed by atoms with Gasteiger partial charge in [0.2, 0.25) is 0 Å². The first-order chi connectivity index (χ1) is 13.2. The van der Waals surface area contributed by atoms with E-state index in [0.717, 1.165) is 27.6 Å². The monoisotopic (exact) mass is 376 g/mol. The fourth-order valence-electron chi connectivity index (χ4n) is 3.13. The lowest BCUT2D eigenvalue weighted by Gasteiger charge is -2.12. The van der Waals surface area contributed by atoms with Gasteiger partial charge in [-0.15, -0.1) is 0 Å². The van der Waals surface area contributed by atoms with Crippen LogP contribution in [0.4, 0.5) is 0 Å². The van der Waals surface area contributed by atoms with E-state index in [2.05, 4.69) is 0 Å². The highest BCUT2D eigenvalue weighted by Gasteiger charge is 2.11. The van der Waals surface area contributed by atoms with Crippen molar-refractivity contribution < 1.29 is 4.74 Å². The third kappa shape index (κ3) is 3.43. The molecular weight excluding hydrogens is 356 g/mol. The zero-order valence-corrected chi connectivity index (χ0v) is 16.1. The minimum absolute atomic E-state index is 0.0219. The number of aromatic nitrogens is 2. The largest absolute Gasteiger partial charge is 0.494 e. The molecule has 0 amide bonds. The van der Waals surface area contributed by atoms with Crippen molar-refractivity contribution in [3.8, 4) is 5.75 Å². The molecule has 0 saturated heterocycles. The first-order valence-corrected chi connectivity index (χ1v) is 9.89. The molecule has 1 heterocycles. The summed E-state index contributed by atoms with van der Waals surface area (Å²) in [5, 5.41) is 3.49. The first kappa shape index (κ1) is 17.6. The minimum Gasteiger partial charge on any atom is -0.494 e. The maximum Gasteiger partial charge on any atom is 0.261 e. The summed E-state index contributed by atoms with van der Waals surface area (Å²) >= 11 is 1.55. The molecule has 0 N–H and O–H groups in total. The molecule has 27 heavy (non-hydrogen) atoms. The number of benzene rings is 3. The highest BCUT2D eigenvalue weighted by molar-refractivity contribution is 7.98. The van der Waals surface area contributed by atoms with Gasteiger partial charge in [0.15, 0.2) is 5.16 Å². The first-order valence-electron chi connectivity index (χ1n) is 8.90. The number of rotatable bonds is 5. The van der Waals surface area contributed by atoms with E-state index in [1.54, 1.807) is 23.4 Å². The van der Waals surface area contributed by atoms with Gasteiger partial charge in [-0.2, -0.15) is 0 Å². The van der Waals surface area contributed by atoms with E-state index in [-0.39, 0.29) is 5.56 Å². The molecule has 0 spiro atoms. The summed E-state index contributed by atoms with van der Waals surface area (Å²) in [5.41, 5.74) is 1.81. The lowest BCUT2D eigenvalue weighted by Crippen LogP contribution is -2.20. The number of nitrogens with zero attached hydrogens (tertiary/aromatic N) is 2. The molecule has 4 nitrogen and oxygen atoms in total. The van der Waals surface area contributed by atoms with Crippen LogP contribution in [-0.2, 0) is 12.8 Å². The third-order valence-electron chi connectivity index (χ3n) is 4.53. The van der Waals surface area contributed by atoms with Crippen LogP contribution in [0.3, 0.4) is 0 Å².